The minimum atomic E-state index is 0.414. The lowest BCUT2D eigenvalue weighted by Gasteiger charge is -1.81. The number of rotatable bonds is 0. The van der Waals surface area contributed by atoms with Gasteiger partial charge in [0.1, 0.15) is 6.33 Å². The van der Waals surface area contributed by atoms with Gasteiger partial charge in [-0.3, -0.25) is 0 Å². The van der Waals surface area contributed by atoms with E-state index < -0.39 is 0 Å². The summed E-state index contributed by atoms with van der Waals surface area (Å²) in [5, 5.41) is 18.0. The molecular weight excluding hydrogens is 120 g/mol. The summed E-state index contributed by atoms with van der Waals surface area (Å²) in [6.45, 7) is 0. The van der Waals surface area contributed by atoms with E-state index in [1.165, 1.54) is 17.2 Å². The first kappa shape index (κ1) is 4.30. The van der Waals surface area contributed by atoms with Crippen molar-refractivity contribution in [2.24, 2.45) is 0 Å². The van der Waals surface area contributed by atoms with E-state index in [2.05, 4.69) is 25.5 Å². The van der Waals surface area contributed by atoms with Crippen LogP contribution in [-0.2, 0) is 0 Å². The van der Waals surface area contributed by atoms with Gasteiger partial charge in [-0.05, 0) is 0 Å². The first-order valence-electron chi connectivity index (χ1n) is 2.30. The molecule has 0 saturated heterocycles. The summed E-state index contributed by atoms with van der Waals surface area (Å²) in [5.74, 6) is 0.414. The van der Waals surface area contributed by atoms with Gasteiger partial charge in [-0.1, -0.05) is 0 Å². The van der Waals surface area contributed by atoms with Gasteiger partial charge in [0.15, 0.2) is 6.33 Å². The maximum absolute atomic E-state index is 3.76. The van der Waals surface area contributed by atoms with Gasteiger partial charge >= 0.3 is 0 Å². The van der Waals surface area contributed by atoms with Crippen molar-refractivity contribution >= 4 is 5.78 Å². The lowest BCUT2D eigenvalue weighted by atomic mass is 11.1. The second-order valence-corrected chi connectivity index (χ2v) is 1.42. The monoisotopic (exact) mass is 122 g/mol. The molecule has 0 aromatic carbocycles. The van der Waals surface area contributed by atoms with Gasteiger partial charge in [0.05, 0.1) is 0 Å². The average molecular weight is 122 g/mol. The molecule has 2 heterocycles. The van der Waals surface area contributed by atoms with Gasteiger partial charge in [0, 0.05) is 0 Å². The van der Waals surface area contributed by atoms with E-state index in [0.29, 0.717) is 5.78 Å². The summed E-state index contributed by atoms with van der Waals surface area (Å²) in [4.78, 5) is 0. The predicted molar refractivity (Wildman–Crippen MR) is 26.4 cm³/mol. The molecule has 0 saturated carbocycles. The van der Waals surface area contributed by atoms with Crippen LogP contribution in [0.2, 0.25) is 0 Å². The fourth-order valence-corrected chi connectivity index (χ4v) is 0.527. The van der Waals surface area contributed by atoms with Crippen molar-refractivity contribution in [3.63, 3.8) is 0 Å². The highest BCUT2D eigenvalue weighted by atomic mass is 15.4. The molecule has 0 aliphatic heterocycles. The molecule has 0 atom stereocenters. The molecule has 44 valence electrons. The molecule has 0 radical (unpaired) electrons. The van der Waals surface area contributed by atoms with Gasteiger partial charge in [-0.15, -0.1) is 25.5 Å². The highest BCUT2D eigenvalue weighted by Crippen LogP contribution is 1.82. The van der Waals surface area contributed by atoms with E-state index in [1.807, 2.05) is 0 Å². The third-order valence-electron chi connectivity index (χ3n) is 0.888. The summed E-state index contributed by atoms with van der Waals surface area (Å²) in [7, 11) is 0. The Kier molecular flexibility index (Phi) is 0.689. The Morgan fingerprint density at radius 1 is 1.22 bits per heavy atom. The molecular formula is C3H2N6. The zero-order valence-corrected chi connectivity index (χ0v) is 4.34. The van der Waals surface area contributed by atoms with Crippen LogP contribution in [0, 0.1) is 0 Å². The van der Waals surface area contributed by atoms with E-state index in [4.69, 9.17) is 0 Å². The van der Waals surface area contributed by atoms with Crippen LogP contribution in [0.4, 0.5) is 0 Å². The average Bonchev–Trinajstić information content (AvgIpc) is 2.33. The molecule has 0 N–H and O–H groups in total. The molecule has 0 aliphatic carbocycles. The Morgan fingerprint density at radius 2 is 2.11 bits per heavy atom. The number of hydrogen-bond acceptors (Lipinski definition) is 5. The maximum atomic E-state index is 3.76. The minimum Gasteiger partial charge on any atom is -0.181 e. The van der Waals surface area contributed by atoms with Crippen molar-refractivity contribution in [2.75, 3.05) is 0 Å². The molecule has 0 amide bonds. The summed E-state index contributed by atoms with van der Waals surface area (Å²) in [5.41, 5.74) is 0. The summed E-state index contributed by atoms with van der Waals surface area (Å²) >= 11 is 0. The molecule has 0 bridgehead atoms. The maximum Gasteiger partial charge on any atom is 0.290 e. The van der Waals surface area contributed by atoms with Crippen molar-refractivity contribution < 1.29 is 0 Å². The Bertz CT molecular complexity index is 282. The Hall–Kier alpha value is -1.59. The highest BCUT2D eigenvalue weighted by molar-refractivity contribution is 5.17. The summed E-state index contributed by atoms with van der Waals surface area (Å²) in [6, 6.07) is 0. The molecule has 2 rings (SSSR count). The normalized spacial score (nSPS) is 10.2. The molecule has 0 spiro atoms. The van der Waals surface area contributed by atoms with Crippen molar-refractivity contribution in [1.82, 2.24) is 30.0 Å². The van der Waals surface area contributed by atoms with E-state index in [1.54, 1.807) is 0 Å². The third-order valence-corrected chi connectivity index (χ3v) is 0.888. The number of aromatic nitrogens is 6. The van der Waals surface area contributed by atoms with E-state index >= 15 is 0 Å². The highest BCUT2D eigenvalue weighted by Gasteiger charge is 1.91. The van der Waals surface area contributed by atoms with Crippen molar-refractivity contribution in [3.8, 4) is 0 Å². The van der Waals surface area contributed by atoms with Gasteiger partial charge in [0.25, 0.3) is 5.78 Å². The fourth-order valence-electron chi connectivity index (χ4n) is 0.527. The topological polar surface area (TPSA) is 68.9 Å². The van der Waals surface area contributed by atoms with Crippen LogP contribution in [-0.4, -0.2) is 30.0 Å². The lowest BCUT2D eigenvalue weighted by Crippen LogP contribution is -1.93. The van der Waals surface area contributed by atoms with Crippen LogP contribution < -0.4 is 0 Å². The predicted octanol–water partition coefficient (Wildman–Crippen LogP) is -1.09. The van der Waals surface area contributed by atoms with Gasteiger partial charge < -0.3 is 0 Å². The molecule has 6 nitrogen and oxygen atoms in total. The fraction of sp³-hybridized carbons (Fsp3) is 0. The second-order valence-electron chi connectivity index (χ2n) is 1.42. The SMILES string of the molecule is c1nnc2nncn2n1. The van der Waals surface area contributed by atoms with Crippen molar-refractivity contribution in [2.45, 2.75) is 0 Å². The van der Waals surface area contributed by atoms with Crippen molar-refractivity contribution in [3.05, 3.63) is 12.7 Å². The van der Waals surface area contributed by atoms with Crippen LogP contribution in [0.25, 0.3) is 5.78 Å². The van der Waals surface area contributed by atoms with Crippen LogP contribution in [0.3, 0.4) is 0 Å². The summed E-state index contributed by atoms with van der Waals surface area (Å²) in [6.07, 6.45) is 2.79. The van der Waals surface area contributed by atoms with Crippen LogP contribution in [0.5, 0.6) is 0 Å². The lowest BCUT2D eigenvalue weighted by molar-refractivity contribution is 0.824. The molecule has 0 fully saturated rings. The standard InChI is InChI=1S/C3H2N6/c1-4-7-3-8-5-2-9(3)6-1/h1-2H. The van der Waals surface area contributed by atoms with Crippen LogP contribution in [0.15, 0.2) is 12.7 Å². The molecule has 0 aliphatic rings. The van der Waals surface area contributed by atoms with E-state index in [-0.39, 0.29) is 0 Å². The third kappa shape index (κ3) is 0.525. The number of nitrogens with zero attached hydrogens (tertiary/aromatic N) is 6. The van der Waals surface area contributed by atoms with Crippen molar-refractivity contribution in [1.29, 1.82) is 0 Å². The minimum absolute atomic E-state index is 0.414. The van der Waals surface area contributed by atoms with Gasteiger partial charge in [-0.25, -0.2) is 0 Å². The molecule has 2 aromatic heterocycles. The van der Waals surface area contributed by atoms with Gasteiger partial charge in [-0.2, -0.15) is 4.52 Å². The first-order valence-corrected chi connectivity index (χ1v) is 2.30. The summed E-state index contributed by atoms with van der Waals surface area (Å²) < 4.78 is 1.44. The number of hydrogen-bond donors (Lipinski definition) is 0. The number of fused-ring (bicyclic) bond motifs is 1. The molecule has 6 heteroatoms. The van der Waals surface area contributed by atoms with Crippen LogP contribution in [0.1, 0.15) is 0 Å². The molecule has 0 unspecified atom stereocenters. The molecule has 9 heavy (non-hydrogen) atoms. The first-order chi connectivity index (χ1) is 4.47. The zero-order valence-electron chi connectivity index (χ0n) is 4.34. The quantitative estimate of drug-likeness (QED) is 0.444. The Balaban J connectivity index is 2.95. The zero-order chi connectivity index (χ0) is 6.10. The van der Waals surface area contributed by atoms with E-state index in [9.17, 15) is 0 Å². The Morgan fingerprint density at radius 3 is 3.00 bits per heavy atom. The van der Waals surface area contributed by atoms with Crippen LogP contribution >= 0.6 is 0 Å². The largest absolute Gasteiger partial charge is 0.290 e. The Labute approximate surface area is 49.6 Å². The second kappa shape index (κ2) is 1.44. The molecule has 2 aromatic rings. The smallest absolute Gasteiger partial charge is 0.181 e. The van der Waals surface area contributed by atoms with E-state index in [0.717, 1.165) is 0 Å². The van der Waals surface area contributed by atoms with Gasteiger partial charge in [0.2, 0.25) is 0 Å².